The van der Waals surface area contributed by atoms with Crippen molar-refractivity contribution in [2.75, 3.05) is 26.6 Å². The highest BCUT2D eigenvalue weighted by Gasteiger charge is 2.18. The number of ether oxygens (including phenoxy) is 3. The van der Waals surface area contributed by atoms with Crippen LogP contribution in [-0.2, 0) is 11.2 Å². The summed E-state index contributed by atoms with van der Waals surface area (Å²) < 4.78 is 21.2. The standard InChI is InChI=1S/C20H20N4O7/c1-28-15-10-12(11-16(29-2)19(15)30-3)20-22-18(31-23-20)9-8-17(25)21-13-4-6-14(7-5-13)24(26)27/h4-7,10-11H,8-9H2,1-3H3,(H,21,25). The van der Waals surface area contributed by atoms with Crippen LogP contribution in [-0.4, -0.2) is 42.3 Å². The molecule has 31 heavy (non-hydrogen) atoms. The molecule has 0 fully saturated rings. The first kappa shape index (κ1) is 21.6. The van der Waals surface area contributed by atoms with Crippen LogP contribution in [0, 0.1) is 10.1 Å². The van der Waals surface area contributed by atoms with Crippen LogP contribution in [0.2, 0.25) is 0 Å². The monoisotopic (exact) mass is 428 g/mol. The van der Waals surface area contributed by atoms with E-state index in [9.17, 15) is 14.9 Å². The van der Waals surface area contributed by atoms with Gasteiger partial charge in [0.2, 0.25) is 23.4 Å². The van der Waals surface area contributed by atoms with E-state index in [2.05, 4.69) is 15.5 Å². The second-order valence-corrected chi connectivity index (χ2v) is 6.28. The van der Waals surface area contributed by atoms with Gasteiger partial charge in [-0.1, -0.05) is 5.16 Å². The van der Waals surface area contributed by atoms with Gasteiger partial charge < -0.3 is 24.1 Å². The lowest BCUT2D eigenvalue weighted by molar-refractivity contribution is -0.384. The molecule has 1 amide bonds. The predicted molar refractivity (Wildman–Crippen MR) is 109 cm³/mol. The molecule has 0 saturated carbocycles. The maximum absolute atomic E-state index is 12.1. The first-order chi connectivity index (χ1) is 14.9. The molecule has 0 bridgehead atoms. The molecule has 1 N–H and O–H groups in total. The number of carbonyl (C=O) groups is 1. The van der Waals surface area contributed by atoms with Gasteiger partial charge in [-0.2, -0.15) is 4.98 Å². The minimum absolute atomic E-state index is 0.0526. The average Bonchev–Trinajstić information content (AvgIpc) is 3.26. The summed E-state index contributed by atoms with van der Waals surface area (Å²) in [5.74, 6) is 1.64. The van der Waals surface area contributed by atoms with E-state index < -0.39 is 4.92 Å². The van der Waals surface area contributed by atoms with Crippen molar-refractivity contribution in [1.82, 2.24) is 10.1 Å². The maximum atomic E-state index is 12.1. The second-order valence-electron chi connectivity index (χ2n) is 6.28. The Bertz CT molecular complexity index is 1050. The fourth-order valence-corrected chi connectivity index (χ4v) is 2.79. The Balaban J connectivity index is 1.65. The molecular formula is C20H20N4O7. The molecule has 0 saturated heterocycles. The van der Waals surface area contributed by atoms with Gasteiger partial charge in [-0.25, -0.2) is 0 Å². The number of nitrogens with zero attached hydrogens (tertiary/aromatic N) is 3. The maximum Gasteiger partial charge on any atom is 0.269 e. The Morgan fingerprint density at radius 3 is 2.29 bits per heavy atom. The highest BCUT2D eigenvalue weighted by molar-refractivity contribution is 5.90. The number of hydrogen-bond acceptors (Lipinski definition) is 9. The molecule has 0 spiro atoms. The van der Waals surface area contributed by atoms with E-state index in [0.29, 0.717) is 34.3 Å². The SMILES string of the molecule is COc1cc(-c2noc(CCC(=O)Nc3ccc([N+](=O)[O-])cc3)n2)cc(OC)c1OC. The third-order valence-corrected chi connectivity index (χ3v) is 4.32. The topological polar surface area (TPSA) is 139 Å². The summed E-state index contributed by atoms with van der Waals surface area (Å²) in [4.78, 5) is 26.6. The minimum Gasteiger partial charge on any atom is -0.493 e. The lowest BCUT2D eigenvalue weighted by Crippen LogP contribution is -2.12. The molecule has 1 heterocycles. The van der Waals surface area contributed by atoms with Gasteiger partial charge in [0.05, 0.1) is 26.3 Å². The fourth-order valence-electron chi connectivity index (χ4n) is 2.79. The van der Waals surface area contributed by atoms with Crippen LogP contribution in [0.25, 0.3) is 11.4 Å². The lowest BCUT2D eigenvalue weighted by atomic mass is 10.1. The smallest absolute Gasteiger partial charge is 0.269 e. The van der Waals surface area contributed by atoms with Gasteiger partial charge in [0, 0.05) is 36.2 Å². The molecule has 0 unspecified atom stereocenters. The van der Waals surface area contributed by atoms with E-state index in [4.69, 9.17) is 18.7 Å². The van der Waals surface area contributed by atoms with Gasteiger partial charge in [-0.3, -0.25) is 14.9 Å². The molecular weight excluding hydrogens is 408 g/mol. The summed E-state index contributed by atoms with van der Waals surface area (Å²) >= 11 is 0. The van der Waals surface area contributed by atoms with Gasteiger partial charge >= 0.3 is 0 Å². The van der Waals surface area contributed by atoms with Crippen LogP contribution in [0.4, 0.5) is 11.4 Å². The number of hydrogen-bond donors (Lipinski definition) is 1. The van der Waals surface area contributed by atoms with Crippen LogP contribution in [0.1, 0.15) is 12.3 Å². The molecule has 11 heteroatoms. The van der Waals surface area contributed by atoms with Gasteiger partial charge in [-0.05, 0) is 24.3 Å². The van der Waals surface area contributed by atoms with Crippen LogP contribution in [0.5, 0.6) is 17.2 Å². The van der Waals surface area contributed by atoms with E-state index in [1.54, 1.807) is 12.1 Å². The number of nitrogens with one attached hydrogen (secondary N) is 1. The van der Waals surface area contributed by atoms with Gasteiger partial charge in [0.15, 0.2) is 11.5 Å². The number of aromatic nitrogens is 2. The molecule has 162 valence electrons. The summed E-state index contributed by atoms with van der Waals surface area (Å²) in [6.07, 6.45) is 0.310. The minimum atomic E-state index is -0.507. The number of nitro benzene ring substituents is 1. The summed E-state index contributed by atoms with van der Waals surface area (Å²) in [5.41, 5.74) is 1.00. The first-order valence-corrected chi connectivity index (χ1v) is 9.12. The Morgan fingerprint density at radius 1 is 1.10 bits per heavy atom. The molecule has 11 nitrogen and oxygen atoms in total. The summed E-state index contributed by atoms with van der Waals surface area (Å²) in [7, 11) is 4.52. The molecule has 2 aromatic carbocycles. The molecule has 0 aliphatic rings. The lowest BCUT2D eigenvalue weighted by Gasteiger charge is -2.12. The third-order valence-electron chi connectivity index (χ3n) is 4.32. The molecule has 3 aromatic rings. The number of aryl methyl sites for hydroxylation is 1. The summed E-state index contributed by atoms with van der Waals surface area (Å²) in [6, 6.07) is 8.94. The van der Waals surface area contributed by atoms with Crippen LogP contribution in [0.3, 0.4) is 0 Å². The van der Waals surface area contributed by atoms with Crippen LogP contribution in [0.15, 0.2) is 40.9 Å². The molecule has 0 aliphatic carbocycles. The number of nitro groups is 1. The predicted octanol–water partition coefficient (Wildman–Crippen LogP) is 3.24. The zero-order valence-corrected chi connectivity index (χ0v) is 17.1. The van der Waals surface area contributed by atoms with E-state index >= 15 is 0 Å². The van der Waals surface area contributed by atoms with E-state index in [1.807, 2.05) is 0 Å². The number of methoxy groups -OCH3 is 3. The van der Waals surface area contributed by atoms with Crippen molar-refractivity contribution < 1.29 is 28.5 Å². The number of anilines is 1. The van der Waals surface area contributed by atoms with Crippen LogP contribution >= 0.6 is 0 Å². The highest BCUT2D eigenvalue weighted by atomic mass is 16.6. The molecule has 3 rings (SSSR count). The third kappa shape index (κ3) is 5.07. The van der Waals surface area contributed by atoms with Gasteiger partial charge in [0.1, 0.15) is 0 Å². The van der Waals surface area contributed by atoms with Gasteiger partial charge in [-0.15, -0.1) is 0 Å². The van der Waals surface area contributed by atoms with E-state index in [0.717, 1.165) is 0 Å². The Kier molecular flexibility index (Phi) is 6.65. The Labute approximate surface area is 177 Å². The zero-order valence-electron chi connectivity index (χ0n) is 17.1. The molecule has 1 aromatic heterocycles. The molecule has 0 aliphatic heterocycles. The van der Waals surface area contributed by atoms with E-state index in [-0.39, 0.29) is 30.3 Å². The average molecular weight is 428 g/mol. The van der Waals surface area contributed by atoms with Crippen molar-refractivity contribution in [3.05, 3.63) is 52.4 Å². The van der Waals surface area contributed by atoms with Crippen molar-refractivity contribution in [3.63, 3.8) is 0 Å². The second kappa shape index (κ2) is 9.57. The van der Waals surface area contributed by atoms with E-state index in [1.165, 1.54) is 45.6 Å². The normalized spacial score (nSPS) is 10.4. The van der Waals surface area contributed by atoms with Crippen LogP contribution < -0.4 is 19.5 Å². The summed E-state index contributed by atoms with van der Waals surface area (Å²) in [6.45, 7) is 0. The van der Waals surface area contributed by atoms with Crippen molar-refractivity contribution in [1.29, 1.82) is 0 Å². The number of carbonyl (C=O) groups excluding carboxylic acids is 1. The van der Waals surface area contributed by atoms with Crippen molar-refractivity contribution in [3.8, 4) is 28.6 Å². The Hall–Kier alpha value is -4.15. The van der Waals surface area contributed by atoms with Crippen molar-refractivity contribution >= 4 is 17.3 Å². The highest BCUT2D eigenvalue weighted by Crippen LogP contribution is 2.40. The molecule has 0 radical (unpaired) electrons. The fraction of sp³-hybridized carbons (Fsp3) is 0.250. The molecule has 0 atom stereocenters. The zero-order chi connectivity index (χ0) is 22.4. The number of benzene rings is 2. The number of non-ortho nitro benzene ring substituents is 1. The Morgan fingerprint density at radius 2 is 1.74 bits per heavy atom. The quantitative estimate of drug-likeness (QED) is 0.402. The largest absolute Gasteiger partial charge is 0.493 e. The van der Waals surface area contributed by atoms with Crippen molar-refractivity contribution in [2.45, 2.75) is 12.8 Å². The van der Waals surface area contributed by atoms with Gasteiger partial charge in [0.25, 0.3) is 5.69 Å². The van der Waals surface area contributed by atoms with Crippen molar-refractivity contribution in [2.24, 2.45) is 0 Å². The number of rotatable bonds is 9. The first-order valence-electron chi connectivity index (χ1n) is 9.12. The summed E-state index contributed by atoms with van der Waals surface area (Å²) in [5, 5.41) is 17.3. The number of amides is 1.